The van der Waals surface area contributed by atoms with Gasteiger partial charge >= 0.3 is 0 Å². The van der Waals surface area contributed by atoms with Crippen LogP contribution in [0.15, 0.2) is 0 Å². The maximum atomic E-state index is 6.06. The molecule has 0 spiro atoms. The minimum Gasteiger partial charge on any atom is -0.381 e. The molecule has 228 valence electrons. The van der Waals surface area contributed by atoms with Gasteiger partial charge in [-0.25, -0.2) is 0 Å². The van der Waals surface area contributed by atoms with Crippen LogP contribution < -0.4 is 0 Å². The predicted molar refractivity (Wildman–Crippen MR) is 153 cm³/mol. The second-order valence-electron chi connectivity index (χ2n) is 14.8. The zero-order valence-corrected chi connectivity index (χ0v) is 24.9. The number of rotatable bonds is 18. The minimum atomic E-state index is 0.564. The molecule has 12 unspecified atom stereocenters. The first kappa shape index (κ1) is 28.5. The third-order valence-corrected chi connectivity index (χ3v) is 12.1. The molecule has 0 aromatic heterocycles. The molecule has 7 aliphatic rings. The smallest absolute Gasteiger partial charge is 0.0845 e. The van der Waals surface area contributed by atoms with Gasteiger partial charge in [0.05, 0.1) is 24.4 Å². The van der Waals surface area contributed by atoms with Crippen LogP contribution in [0.3, 0.4) is 0 Å². The second kappa shape index (κ2) is 13.6. The van der Waals surface area contributed by atoms with E-state index in [-0.39, 0.29) is 0 Å². The van der Waals surface area contributed by atoms with Gasteiger partial charge in [-0.2, -0.15) is 0 Å². The lowest BCUT2D eigenvalue weighted by Gasteiger charge is -2.31. The fraction of sp³-hybridized carbons (Fsp3) is 1.00. The van der Waals surface area contributed by atoms with Crippen molar-refractivity contribution < 1.29 is 28.4 Å². The molecule has 0 aromatic rings. The van der Waals surface area contributed by atoms with Gasteiger partial charge in [-0.15, -0.1) is 0 Å². The topological polar surface area (TPSA) is 62.0 Å². The molecular formula is C34H56O6. The molecule has 2 aliphatic heterocycles. The van der Waals surface area contributed by atoms with E-state index in [0.29, 0.717) is 24.4 Å². The van der Waals surface area contributed by atoms with Crippen LogP contribution in [-0.4, -0.2) is 77.3 Å². The fourth-order valence-electron chi connectivity index (χ4n) is 9.88. The molecule has 12 atom stereocenters. The molecular weight excluding hydrogens is 504 g/mol. The Morgan fingerprint density at radius 1 is 0.450 bits per heavy atom. The molecule has 6 nitrogen and oxygen atoms in total. The summed E-state index contributed by atoms with van der Waals surface area (Å²) in [6, 6.07) is 0. The lowest BCUT2D eigenvalue weighted by Crippen LogP contribution is -2.25. The summed E-state index contributed by atoms with van der Waals surface area (Å²) in [4.78, 5) is 0. The maximum absolute atomic E-state index is 6.06. The zero-order chi connectivity index (χ0) is 26.7. The number of ether oxygens (including phenoxy) is 6. The molecule has 2 bridgehead atoms. The molecule has 5 aliphatic carbocycles. The summed E-state index contributed by atoms with van der Waals surface area (Å²) in [5, 5.41) is 0. The summed E-state index contributed by atoms with van der Waals surface area (Å²) < 4.78 is 35.2. The molecule has 5 saturated carbocycles. The van der Waals surface area contributed by atoms with Crippen molar-refractivity contribution >= 4 is 0 Å². The van der Waals surface area contributed by atoms with Gasteiger partial charge in [0.1, 0.15) is 0 Å². The highest BCUT2D eigenvalue weighted by Crippen LogP contribution is 2.63. The van der Waals surface area contributed by atoms with Gasteiger partial charge in [0.25, 0.3) is 0 Å². The van der Waals surface area contributed by atoms with E-state index in [4.69, 9.17) is 28.4 Å². The van der Waals surface area contributed by atoms with Gasteiger partial charge in [-0.05, 0) is 137 Å². The van der Waals surface area contributed by atoms with Crippen molar-refractivity contribution in [3.8, 4) is 0 Å². The SMILES string of the molecule is C(COCCC1CC2C3CC(CCOCCCOCC4CCC5OC5C4)C(C3)C2C1)COCC1CCC2OC2C1. The zero-order valence-electron chi connectivity index (χ0n) is 24.9. The number of hydrogen-bond donors (Lipinski definition) is 0. The Balaban J connectivity index is 0.681. The van der Waals surface area contributed by atoms with E-state index in [0.717, 1.165) is 113 Å². The van der Waals surface area contributed by atoms with Crippen LogP contribution in [0.1, 0.15) is 89.9 Å². The van der Waals surface area contributed by atoms with Crippen LogP contribution >= 0.6 is 0 Å². The summed E-state index contributed by atoms with van der Waals surface area (Å²) >= 11 is 0. The Kier molecular flexibility index (Phi) is 9.69. The first-order valence-electron chi connectivity index (χ1n) is 17.4. The highest BCUT2D eigenvalue weighted by Gasteiger charge is 2.55. The summed E-state index contributed by atoms with van der Waals surface area (Å²) in [5.74, 6) is 7.28. The van der Waals surface area contributed by atoms with Crippen LogP contribution in [0.5, 0.6) is 0 Å². The van der Waals surface area contributed by atoms with Crippen molar-refractivity contribution in [1.82, 2.24) is 0 Å². The Labute approximate surface area is 242 Å². The van der Waals surface area contributed by atoms with Crippen LogP contribution in [0.4, 0.5) is 0 Å². The largest absolute Gasteiger partial charge is 0.381 e. The summed E-state index contributed by atoms with van der Waals surface area (Å²) in [5.41, 5.74) is 0. The van der Waals surface area contributed by atoms with E-state index in [1.165, 1.54) is 77.0 Å². The molecule has 0 radical (unpaired) electrons. The molecule has 2 heterocycles. The van der Waals surface area contributed by atoms with Gasteiger partial charge in [-0.3, -0.25) is 0 Å². The lowest BCUT2D eigenvalue weighted by atomic mass is 9.75. The van der Waals surface area contributed by atoms with Crippen molar-refractivity contribution in [2.24, 2.45) is 47.3 Å². The third-order valence-electron chi connectivity index (χ3n) is 12.1. The van der Waals surface area contributed by atoms with Crippen LogP contribution in [0.25, 0.3) is 0 Å². The highest BCUT2D eigenvalue weighted by atomic mass is 16.6. The molecule has 0 aromatic carbocycles. The predicted octanol–water partition coefficient (Wildman–Crippen LogP) is 6.05. The van der Waals surface area contributed by atoms with Gasteiger partial charge < -0.3 is 28.4 Å². The number of epoxide rings is 2. The quantitative estimate of drug-likeness (QED) is 0.150. The average Bonchev–Trinajstić information content (AvgIpc) is 3.79. The lowest BCUT2D eigenvalue weighted by molar-refractivity contribution is 0.0521. The second-order valence-corrected chi connectivity index (χ2v) is 14.8. The molecule has 7 fully saturated rings. The molecule has 2 saturated heterocycles. The van der Waals surface area contributed by atoms with Crippen molar-refractivity contribution in [2.75, 3.05) is 52.9 Å². The molecule has 0 N–H and O–H groups in total. The van der Waals surface area contributed by atoms with Crippen LogP contribution in [0, 0.1) is 47.3 Å². The summed E-state index contributed by atoms with van der Waals surface area (Å²) in [6.07, 6.45) is 20.4. The highest BCUT2D eigenvalue weighted by molar-refractivity contribution is 5.04. The first-order chi connectivity index (χ1) is 19.8. The van der Waals surface area contributed by atoms with Gasteiger partial charge in [0, 0.05) is 52.9 Å². The Hall–Kier alpha value is -0.240. The van der Waals surface area contributed by atoms with Crippen LogP contribution in [-0.2, 0) is 28.4 Å². The summed E-state index contributed by atoms with van der Waals surface area (Å²) in [6.45, 7) is 7.13. The van der Waals surface area contributed by atoms with Crippen molar-refractivity contribution in [3.63, 3.8) is 0 Å². The van der Waals surface area contributed by atoms with Crippen molar-refractivity contribution in [1.29, 1.82) is 0 Å². The van der Waals surface area contributed by atoms with Crippen molar-refractivity contribution in [2.45, 2.75) is 114 Å². The summed E-state index contributed by atoms with van der Waals surface area (Å²) in [7, 11) is 0. The number of fused-ring (bicyclic) bond motifs is 7. The third kappa shape index (κ3) is 7.27. The van der Waals surface area contributed by atoms with E-state index < -0.39 is 0 Å². The van der Waals surface area contributed by atoms with E-state index in [2.05, 4.69) is 0 Å². The molecule has 7 rings (SSSR count). The molecule has 6 heteroatoms. The Morgan fingerprint density at radius 3 is 1.70 bits per heavy atom. The fourth-order valence-corrected chi connectivity index (χ4v) is 9.88. The van der Waals surface area contributed by atoms with Gasteiger partial charge in [-0.1, -0.05) is 0 Å². The Morgan fingerprint density at radius 2 is 1.05 bits per heavy atom. The molecule has 0 amide bonds. The molecule has 40 heavy (non-hydrogen) atoms. The first-order valence-corrected chi connectivity index (χ1v) is 17.4. The van der Waals surface area contributed by atoms with Gasteiger partial charge in [0.15, 0.2) is 0 Å². The van der Waals surface area contributed by atoms with Gasteiger partial charge in [0.2, 0.25) is 0 Å². The maximum Gasteiger partial charge on any atom is 0.0845 e. The van der Waals surface area contributed by atoms with E-state index in [1.54, 1.807) is 0 Å². The standard InChI is InChI=1S/C34H56O6/c1(11-37-21-24-3-5-31-33(17-24)39-31)9-35-13-7-23-15-28-27-19-26(29(20-27)30(28)16-23)8-14-36-10-2-12-38-22-25-4-6-32-34(18-25)40-32/h23-34H,1-22H2. The van der Waals surface area contributed by atoms with E-state index >= 15 is 0 Å². The van der Waals surface area contributed by atoms with E-state index in [1.807, 2.05) is 0 Å². The number of hydrogen-bond acceptors (Lipinski definition) is 6. The van der Waals surface area contributed by atoms with Crippen LogP contribution in [0.2, 0.25) is 0 Å². The van der Waals surface area contributed by atoms with Crippen molar-refractivity contribution in [3.05, 3.63) is 0 Å². The monoisotopic (exact) mass is 560 g/mol. The average molecular weight is 561 g/mol. The van der Waals surface area contributed by atoms with E-state index in [9.17, 15) is 0 Å². The Bertz CT molecular complexity index is 792. The normalized spacial score (nSPS) is 44.4. The minimum absolute atomic E-state index is 0.564.